The van der Waals surface area contributed by atoms with Crippen LogP contribution in [0, 0.1) is 0 Å². The minimum atomic E-state index is -0.0965. The SMILES string of the molecule is C1=CCCC(c2ccc3c(c2)N2c4ccccc4N4B5c6ccccc6N6c7cc(-c8ccccc8)ccc7B7c8ccccc8Oc8cc(c5c6c87)-c5cc6c(c2c54)B3c2ccccc2C6)=C1. The van der Waals surface area contributed by atoms with E-state index in [1.54, 1.807) is 0 Å². The summed E-state index contributed by atoms with van der Waals surface area (Å²) in [6.07, 6.45) is 9.86. The number of hydrogen-bond donors (Lipinski definition) is 0. The van der Waals surface area contributed by atoms with Gasteiger partial charge in [0.15, 0.2) is 0 Å². The van der Waals surface area contributed by atoms with E-state index in [0.717, 1.165) is 30.8 Å². The molecule has 0 bridgehead atoms. The average Bonchev–Trinajstić information content (AvgIpc) is 3.40. The quantitative estimate of drug-likeness (QED) is 0.162. The zero-order valence-electron chi connectivity index (χ0n) is 37.1. The topological polar surface area (TPSA) is 19.0 Å². The molecular formula is C61H38B3N3O. The van der Waals surface area contributed by atoms with Crippen LogP contribution < -0.4 is 63.1 Å². The van der Waals surface area contributed by atoms with Gasteiger partial charge in [0.25, 0.3) is 6.71 Å². The fraction of sp³-hybridized carbons (Fsp3) is 0.0492. The van der Waals surface area contributed by atoms with E-state index in [0.29, 0.717) is 0 Å². The lowest BCUT2D eigenvalue weighted by atomic mass is 9.31. The number of benzene rings is 9. The van der Waals surface area contributed by atoms with Crippen LogP contribution in [0.2, 0.25) is 0 Å². The molecule has 9 aromatic rings. The molecule has 0 saturated heterocycles. The van der Waals surface area contributed by atoms with Gasteiger partial charge in [0, 0.05) is 28.3 Å². The molecule has 1 aliphatic carbocycles. The van der Waals surface area contributed by atoms with E-state index in [-0.39, 0.29) is 20.3 Å². The second kappa shape index (κ2) is 12.8. The van der Waals surface area contributed by atoms with Crippen molar-refractivity contribution in [3.05, 3.63) is 211 Å². The molecule has 0 saturated carbocycles. The van der Waals surface area contributed by atoms with Crippen LogP contribution in [0.15, 0.2) is 194 Å². The molecule has 7 aliphatic heterocycles. The summed E-state index contributed by atoms with van der Waals surface area (Å²) in [6, 6.07) is 67.0. The molecule has 9 aromatic carbocycles. The van der Waals surface area contributed by atoms with Crippen molar-refractivity contribution in [3.63, 3.8) is 0 Å². The predicted molar refractivity (Wildman–Crippen MR) is 285 cm³/mol. The normalized spacial score (nSPS) is 15.7. The van der Waals surface area contributed by atoms with Gasteiger partial charge < -0.3 is 19.3 Å². The van der Waals surface area contributed by atoms with Gasteiger partial charge in [0.05, 0.1) is 22.7 Å². The number of fused-ring (bicyclic) bond motifs is 18. The summed E-state index contributed by atoms with van der Waals surface area (Å²) < 4.78 is 7.23. The molecule has 7 heterocycles. The van der Waals surface area contributed by atoms with Crippen LogP contribution in [0.1, 0.15) is 29.5 Å². The van der Waals surface area contributed by atoms with Crippen LogP contribution in [-0.4, -0.2) is 20.3 Å². The van der Waals surface area contributed by atoms with E-state index in [2.05, 4.69) is 209 Å². The minimum absolute atomic E-state index is 0.00480. The Balaban J connectivity index is 1.01. The van der Waals surface area contributed by atoms with E-state index in [4.69, 9.17) is 4.74 Å². The van der Waals surface area contributed by atoms with Crippen molar-refractivity contribution in [2.24, 2.45) is 0 Å². The Morgan fingerprint density at radius 2 is 1.12 bits per heavy atom. The smallest absolute Gasteiger partial charge is 0.333 e. The lowest BCUT2D eigenvalue weighted by Gasteiger charge is -2.54. The summed E-state index contributed by atoms with van der Waals surface area (Å²) in [7, 11) is 0. The molecule has 312 valence electrons. The zero-order chi connectivity index (χ0) is 43.9. The molecule has 68 heavy (non-hydrogen) atoms. The van der Waals surface area contributed by atoms with Gasteiger partial charge in [0.2, 0.25) is 6.71 Å². The Hall–Kier alpha value is -8.15. The lowest BCUT2D eigenvalue weighted by Crippen LogP contribution is -2.69. The van der Waals surface area contributed by atoms with Crippen LogP contribution in [-0.2, 0) is 6.42 Å². The van der Waals surface area contributed by atoms with Gasteiger partial charge in [-0.1, -0.05) is 151 Å². The monoisotopic (exact) mass is 861 g/mol. The Kier molecular flexibility index (Phi) is 6.80. The summed E-state index contributed by atoms with van der Waals surface area (Å²) in [6.45, 7) is 0.0185. The first kappa shape index (κ1) is 36.0. The molecule has 0 spiro atoms. The third-order valence-electron chi connectivity index (χ3n) is 16.5. The Morgan fingerprint density at radius 1 is 0.426 bits per heavy atom. The van der Waals surface area contributed by atoms with Crippen LogP contribution in [0.25, 0.3) is 27.8 Å². The lowest BCUT2D eigenvalue weighted by molar-refractivity contribution is 0.488. The van der Waals surface area contributed by atoms with Crippen LogP contribution in [0.5, 0.6) is 11.5 Å². The molecular weight excluding hydrogens is 823 g/mol. The summed E-state index contributed by atoms with van der Waals surface area (Å²) in [5.41, 5.74) is 31.3. The fourth-order valence-corrected chi connectivity index (χ4v) is 13.9. The average molecular weight is 861 g/mol. The van der Waals surface area contributed by atoms with Crippen molar-refractivity contribution in [2.45, 2.75) is 19.3 Å². The predicted octanol–water partition coefficient (Wildman–Crippen LogP) is 9.25. The molecule has 7 heteroatoms. The second-order valence-electron chi connectivity index (χ2n) is 19.7. The molecule has 0 N–H and O–H groups in total. The molecule has 17 rings (SSSR count). The summed E-state index contributed by atoms with van der Waals surface area (Å²) in [4.78, 5) is 8.06. The maximum Gasteiger partial charge on any atom is 0.333 e. The van der Waals surface area contributed by atoms with E-state index in [9.17, 15) is 0 Å². The van der Waals surface area contributed by atoms with E-state index < -0.39 is 0 Å². The van der Waals surface area contributed by atoms with Gasteiger partial charge in [-0.2, -0.15) is 0 Å². The number of nitrogens with zero attached hydrogens (tertiary/aromatic N) is 3. The maximum absolute atomic E-state index is 7.23. The summed E-state index contributed by atoms with van der Waals surface area (Å²) in [5, 5.41) is 0. The highest BCUT2D eigenvalue weighted by atomic mass is 16.5. The molecule has 0 unspecified atom stereocenters. The highest BCUT2D eigenvalue weighted by Crippen LogP contribution is 2.59. The zero-order valence-corrected chi connectivity index (χ0v) is 37.1. The number of anilines is 8. The summed E-state index contributed by atoms with van der Waals surface area (Å²) in [5.74, 6) is 1.89. The highest BCUT2D eigenvalue weighted by Gasteiger charge is 2.55. The molecule has 0 radical (unpaired) electrons. The minimum Gasteiger partial charge on any atom is -0.458 e. The van der Waals surface area contributed by atoms with Gasteiger partial charge in [0.1, 0.15) is 11.5 Å². The van der Waals surface area contributed by atoms with Crippen LogP contribution in [0.3, 0.4) is 0 Å². The van der Waals surface area contributed by atoms with E-state index in [1.807, 2.05) is 0 Å². The summed E-state index contributed by atoms with van der Waals surface area (Å²) >= 11 is 0. The van der Waals surface area contributed by atoms with Gasteiger partial charge in [-0.05, 0) is 145 Å². The molecule has 8 aliphatic rings. The first-order valence-electron chi connectivity index (χ1n) is 24.3. The van der Waals surface area contributed by atoms with Crippen LogP contribution >= 0.6 is 0 Å². The van der Waals surface area contributed by atoms with E-state index >= 15 is 0 Å². The number of hydrogen-bond acceptors (Lipinski definition) is 4. The molecule has 0 aromatic heterocycles. The van der Waals surface area contributed by atoms with Crippen molar-refractivity contribution in [3.8, 4) is 33.8 Å². The fourth-order valence-electron chi connectivity index (χ4n) is 13.9. The molecule has 0 fully saturated rings. The Labute approximate surface area is 396 Å². The number of para-hydroxylation sites is 4. The third-order valence-corrected chi connectivity index (χ3v) is 16.5. The van der Waals surface area contributed by atoms with Gasteiger partial charge >= 0.3 is 6.85 Å². The standard InChI is InChI=1S/C61H38B3N3O/c1-3-15-36(16-4-1)38-28-30-46-52(33-38)65-49-23-11-9-21-47(49)64-57-42(35-55-58(60(57)65)63(46)48-22-10-14-26-54(48)68-55)43-32-41-31-40-19-7-8-20-44(40)62-45-29-27-39(37-17-5-2-6-18-37)34-53(45)66-50-24-12-13-25-51(50)67(64)59(43)61(66)56(41)62/h1-5,7-17,19-30,32-35H,6,18,31H2. The number of rotatable bonds is 2. The van der Waals surface area contributed by atoms with E-state index in [1.165, 1.54) is 134 Å². The number of ether oxygens (including phenoxy) is 1. The van der Waals surface area contributed by atoms with Crippen molar-refractivity contribution in [1.82, 2.24) is 0 Å². The van der Waals surface area contributed by atoms with Crippen molar-refractivity contribution >= 4 is 115 Å². The Bertz CT molecular complexity index is 3880. The van der Waals surface area contributed by atoms with Gasteiger partial charge in [-0.25, -0.2) is 0 Å². The van der Waals surface area contributed by atoms with Crippen molar-refractivity contribution in [2.75, 3.05) is 14.6 Å². The maximum atomic E-state index is 7.23. The number of allylic oxidation sites excluding steroid dienone is 4. The molecule has 4 nitrogen and oxygen atoms in total. The third kappa shape index (κ3) is 4.41. The first-order chi connectivity index (χ1) is 33.8. The van der Waals surface area contributed by atoms with Gasteiger partial charge in [-0.15, -0.1) is 0 Å². The Morgan fingerprint density at radius 3 is 1.96 bits per heavy atom. The second-order valence-corrected chi connectivity index (χ2v) is 19.7. The molecule has 0 amide bonds. The van der Waals surface area contributed by atoms with Gasteiger partial charge in [-0.3, -0.25) is 0 Å². The largest absolute Gasteiger partial charge is 0.458 e. The van der Waals surface area contributed by atoms with Crippen molar-refractivity contribution in [1.29, 1.82) is 0 Å². The highest BCUT2D eigenvalue weighted by molar-refractivity contribution is 7.02. The molecule has 0 atom stereocenters. The van der Waals surface area contributed by atoms with Crippen LogP contribution in [0.4, 0.5) is 45.5 Å². The first-order valence-corrected chi connectivity index (χ1v) is 24.3. The van der Waals surface area contributed by atoms with Crippen molar-refractivity contribution < 1.29 is 4.74 Å².